The predicted octanol–water partition coefficient (Wildman–Crippen LogP) is 2.81. The topological polar surface area (TPSA) is 0 Å². The Labute approximate surface area is 52.5 Å². The number of rotatable bonds is 0. The van der Waals surface area contributed by atoms with Gasteiger partial charge in [-0.05, 0) is 31.9 Å². The molecule has 0 nitrogen and oxygen atoms in total. The number of hydrogen-bond acceptors (Lipinski definition) is 0. The Bertz CT molecular complexity index is 45.6. The molecule has 0 atom stereocenters. The highest BCUT2D eigenvalue weighted by Crippen LogP contribution is 2.12. The van der Waals surface area contributed by atoms with E-state index in [1.165, 1.54) is 5.54 Å². The second kappa shape index (κ2) is 3.19. The molecular weight excluding hydrogens is 219 g/mol. The zero-order chi connectivity index (χ0) is 4.28. The van der Waals surface area contributed by atoms with Crippen LogP contribution in [0.3, 0.4) is 0 Å². The van der Waals surface area contributed by atoms with Gasteiger partial charge in [-0.25, -0.2) is 0 Å². The average molecular weight is 220 g/mol. The third kappa shape index (κ3) is 4.99. The molecule has 0 saturated heterocycles. The maximum Gasteiger partial charge on any atom is 0.0716 e. The molecule has 0 aliphatic rings. The summed E-state index contributed by atoms with van der Waals surface area (Å²) in [4.78, 5) is 0. The lowest BCUT2D eigenvalue weighted by atomic mass is 11.3. The van der Waals surface area contributed by atoms with Gasteiger partial charge in [-0.1, -0.05) is 11.6 Å². The van der Waals surface area contributed by atoms with Crippen LogP contribution in [-0.2, 0) is 0 Å². The highest BCUT2D eigenvalue weighted by atomic mass is 79.9. The molecule has 3 heteroatoms. The van der Waals surface area contributed by atoms with E-state index in [1.807, 2.05) is 0 Å². The van der Waals surface area contributed by atoms with Gasteiger partial charge in [0.05, 0.1) is 3.39 Å². The molecule has 0 rings (SSSR count). The van der Waals surface area contributed by atoms with E-state index in [0.717, 1.165) is 3.39 Å². The first-order valence-corrected chi connectivity index (χ1v) is 2.91. The molecule has 0 aliphatic heterocycles. The van der Waals surface area contributed by atoms with Gasteiger partial charge in [0.15, 0.2) is 0 Å². The van der Waals surface area contributed by atoms with Crippen molar-refractivity contribution in [3.05, 3.63) is 8.93 Å². The molecule has 0 N–H and O–H groups in total. The average Bonchev–Trinajstić information content (AvgIpc) is 1.38. The summed E-state index contributed by atoms with van der Waals surface area (Å²) in [5.41, 5.74) is 1.39. The fourth-order valence-corrected chi connectivity index (χ4v) is 0. The highest BCUT2D eigenvalue weighted by molar-refractivity contribution is 9.28. The van der Waals surface area contributed by atoms with E-state index in [-0.39, 0.29) is 0 Å². The molecule has 0 bridgehead atoms. The molecule has 0 spiro atoms. The van der Waals surface area contributed by atoms with Crippen molar-refractivity contribution >= 4 is 43.5 Å². The Hall–Kier alpha value is 0.990. The molecule has 0 fully saturated rings. The van der Waals surface area contributed by atoms with Gasteiger partial charge < -0.3 is 0 Å². The lowest BCUT2D eigenvalue weighted by molar-refractivity contribution is 2.50. The Morgan fingerprint density at radius 2 is 1.80 bits per heavy atom. The highest BCUT2D eigenvalue weighted by Gasteiger charge is 1.69. The molecule has 0 amide bonds. The van der Waals surface area contributed by atoms with E-state index < -0.39 is 0 Å². The molecule has 0 aromatic heterocycles. The van der Waals surface area contributed by atoms with Gasteiger partial charge in [0.1, 0.15) is 0 Å². The second-order valence-corrected chi connectivity index (χ2v) is 3.39. The Balaban J connectivity index is 3.14. The van der Waals surface area contributed by atoms with Crippen molar-refractivity contribution in [3.63, 3.8) is 0 Å². The smallest absolute Gasteiger partial charge is 0.0716 e. The van der Waals surface area contributed by atoms with Gasteiger partial charge in [0, 0.05) is 5.54 Å². The van der Waals surface area contributed by atoms with Crippen LogP contribution in [0.4, 0.5) is 0 Å². The zero-order valence-electron chi connectivity index (χ0n) is 2.21. The van der Waals surface area contributed by atoms with Crippen LogP contribution in [0.25, 0.3) is 0 Å². The van der Waals surface area contributed by atoms with Crippen LogP contribution in [0.1, 0.15) is 0 Å². The van der Waals surface area contributed by atoms with Gasteiger partial charge in [0.25, 0.3) is 0 Å². The van der Waals surface area contributed by atoms with Crippen molar-refractivity contribution in [1.82, 2.24) is 0 Å². The molecule has 0 unspecified atom stereocenters. The second-order valence-electron chi connectivity index (χ2n) is 0.399. The normalized spacial score (nSPS) is 7.00. The fourth-order valence-electron chi connectivity index (χ4n) is 0. The largest absolute Gasteiger partial charge is 0.0912 e. The molecule has 30 valence electrons. The van der Waals surface area contributed by atoms with Crippen LogP contribution in [0, 0.1) is 0 Å². The minimum Gasteiger partial charge on any atom is -0.0912 e. The van der Waals surface area contributed by atoms with Gasteiger partial charge in [-0.2, -0.15) is 0 Å². The van der Waals surface area contributed by atoms with Crippen molar-refractivity contribution in [2.24, 2.45) is 0 Å². The molecule has 0 saturated carbocycles. The monoisotopic (exact) mass is 218 g/mol. The van der Waals surface area contributed by atoms with E-state index in [1.54, 1.807) is 0 Å². The summed E-state index contributed by atoms with van der Waals surface area (Å²) < 4.78 is 0.770. The fraction of sp³-hybridized carbons (Fsp3) is 0. The summed E-state index contributed by atoms with van der Waals surface area (Å²) in [6.45, 7) is 0. The molecule has 0 aromatic rings. The SMILES string of the molecule is ClC=C(Br)Br. The van der Waals surface area contributed by atoms with Crippen LogP contribution in [0.15, 0.2) is 8.93 Å². The molecule has 0 aliphatic carbocycles. The zero-order valence-corrected chi connectivity index (χ0v) is 6.14. The minimum absolute atomic E-state index is 0.770. The molecular formula is C2HBr2Cl. The van der Waals surface area contributed by atoms with Crippen molar-refractivity contribution < 1.29 is 0 Å². The summed E-state index contributed by atoms with van der Waals surface area (Å²) in [7, 11) is 0. The lowest BCUT2D eigenvalue weighted by Crippen LogP contribution is -1.30. The molecule has 0 heterocycles. The molecule has 5 heavy (non-hydrogen) atoms. The van der Waals surface area contributed by atoms with E-state index in [4.69, 9.17) is 11.6 Å². The third-order valence-corrected chi connectivity index (χ3v) is 1.29. The Morgan fingerprint density at radius 3 is 1.80 bits per heavy atom. The lowest BCUT2D eigenvalue weighted by Gasteiger charge is -1.65. The number of hydrogen-bond donors (Lipinski definition) is 0. The first kappa shape index (κ1) is 5.99. The summed E-state index contributed by atoms with van der Waals surface area (Å²) in [6, 6.07) is 0. The molecule has 0 radical (unpaired) electrons. The summed E-state index contributed by atoms with van der Waals surface area (Å²) in [5.74, 6) is 0. The predicted molar refractivity (Wildman–Crippen MR) is 31.8 cm³/mol. The van der Waals surface area contributed by atoms with Crippen molar-refractivity contribution in [1.29, 1.82) is 0 Å². The van der Waals surface area contributed by atoms with Crippen LogP contribution < -0.4 is 0 Å². The third-order valence-electron chi connectivity index (χ3n) is 0.0825. The van der Waals surface area contributed by atoms with Crippen LogP contribution in [0.2, 0.25) is 0 Å². The standard InChI is InChI=1S/C2HBr2Cl/c3-2(4)1-5/h1H. The first-order valence-electron chi connectivity index (χ1n) is 0.885. The van der Waals surface area contributed by atoms with Crippen molar-refractivity contribution in [3.8, 4) is 0 Å². The maximum atomic E-state index is 5.08. The van der Waals surface area contributed by atoms with E-state index in [2.05, 4.69) is 31.9 Å². The summed E-state index contributed by atoms with van der Waals surface area (Å²) in [6.07, 6.45) is 0. The van der Waals surface area contributed by atoms with Gasteiger partial charge in [0.2, 0.25) is 0 Å². The quantitative estimate of drug-likeness (QED) is 0.589. The van der Waals surface area contributed by atoms with Gasteiger partial charge >= 0.3 is 0 Å². The van der Waals surface area contributed by atoms with Gasteiger partial charge in [-0.3, -0.25) is 0 Å². The summed E-state index contributed by atoms with van der Waals surface area (Å²) in [5, 5.41) is 0. The van der Waals surface area contributed by atoms with E-state index >= 15 is 0 Å². The number of halogens is 3. The maximum absolute atomic E-state index is 5.08. The van der Waals surface area contributed by atoms with Crippen LogP contribution in [0.5, 0.6) is 0 Å². The van der Waals surface area contributed by atoms with E-state index in [9.17, 15) is 0 Å². The Morgan fingerprint density at radius 1 is 1.60 bits per heavy atom. The summed E-state index contributed by atoms with van der Waals surface area (Å²) >= 11 is 11.1. The van der Waals surface area contributed by atoms with Crippen LogP contribution >= 0.6 is 43.5 Å². The van der Waals surface area contributed by atoms with Crippen LogP contribution in [-0.4, -0.2) is 0 Å². The first-order chi connectivity index (χ1) is 2.27. The van der Waals surface area contributed by atoms with Crippen molar-refractivity contribution in [2.75, 3.05) is 0 Å². The van der Waals surface area contributed by atoms with Crippen molar-refractivity contribution in [2.45, 2.75) is 0 Å². The van der Waals surface area contributed by atoms with E-state index in [0.29, 0.717) is 0 Å². The van der Waals surface area contributed by atoms with Gasteiger partial charge in [-0.15, -0.1) is 0 Å². The Kier molecular flexibility index (Phi) is 3.82. The minimum atomic E-state index is 0.770. The molecule has 0 aromatic carbocycles.